The molecule has 0 fully saturated rings. The van der Waals surface area contributed by atoms with E-state index >= 15 is 0 Å². The number of methoxy groups -OCH3 is 1. The summed E-state index contributed by atoms with van der Waals surface area (Å²) in [4.78, 5) is 4.14. The zero-order valence-corrected chi connectivity index (χ0v) is 8.53. The first-order valence-corrected chi connectivity index (χ1v) is 4.70. The van der Waals surface area contributed by atoms with Gasteiger partial charge in [0.2, 0.25) is 5.88 Å². The first kappa shape index (κ1) is 9.58. The van der Waals surface area contributed by atoms with E-state index in [1.54, 1.807) is 13.3 Å². The molecule has 1 aliphatic heterocycles. The van der Waals surface area contributed by atoms with Gasteiger partial charge in [0.1, 0.15) is 0 Å². The third-order valence-corrected chi connectivity index (χ3v) is 2.30. The van der Waals surface area contributed by atoms with E-state index in [9.17, 15) is 0 Å². The lowest BCUT2D eigenvalue weighted by Gasteiger charge is -2.14. The van der Waals surface area contributed by atoms with Gasteiger partial charge in [-0.25, -0.2) is 4.98 Å². The van der Waals surface area contributed by atoms with Gasteiger partial charge in [-0.3, -0.25) is 0 Å². The Labute approximate surface area is 88.5 Å². The van der Waals surface area contributed by atoms with Crippen LogP contribution in [0.1, 0.15) is 5.56 Å². The first-order valence-electron chi connectivity index (χ1n) is 4.70. The van der Waals surface area contributed by atoms with Gasteiger partial charge < -0.3 is 15.8 Å². The van der Waals surface area contributed by atoms with E-state index in [0.29, 0.717) is 5.88 Å². The Morgan fingerprint density at radius 2 is 2.33 bits per heavy atom. The summed E-state index contributed by atoms with van der Waals surface area (Å²) in [5.74, 6) is 0.609. The van der Waals surface area contributed by atoms with Gasteiger partial charge in [-0.2, -0.15) is 0 Å². The molecule has 0 saturated heterocycles. The van der Waals surface area contributed by atoms with E-state index < -0.39 is 0 Å². The number of rotatable bonds is 2. The van der Waals surface area contributed by atoms with Gasteiger partial charge in [0, 0.05) is 35.6 Å². The van der Waals surface area contributed by atoms with Gasteiger partial charge in [0.05, 0.1) is 7.11 Å². The molecule has 4 heteroatoms. The molecule has 4 nitrogen and oxygen atoms in total. The highest BCUT2D eigenvalue weighted by Gasteiger charge is 2.08. The zero-order chi connectivity index (χ0) is 10.7. The number of hydrogen-bond donors (Lipinski definition) is 2. The minimum atomic E-state index is 0.609. The maximum absolute atomic E-state index is 5.88. The Morgan fingerprint density at radius 1 is 1.47 bits per heavy atom. The number of allylic oxidation sites excluding steroid dienone is 1. The van der Waals surface area contributed by atoms with E-state index in [1.165, 1.54) is 0 Å². The number of nitrogens with one attached hydrogen (secondary N) is 1. The standard InChI is InChI=1S/C11H13N3O/c1-15-11-3-2-8(6-14-11)9-7-13-5-4-10(9)12/h2-6,13H,7,12H2,1H3. The lowest BCUT2D eigenvalue weighted by Crippen LogP contribution is -2.17. The fourth-order valence-electron chi connectivity index (χ4n) is 1.46. The van der Waals surface area contributed by atoms with Crippen LogP contribution in [0.4, 0.5) is 0 Å². The largest absolute Gasteiger partial charge is 0.481 e. The summed E-state index contributed by atoms with van der Waals surface area (Å²) in [6.45, 7) is 0.732. The molecule has 0 atom stereocenters. The van der Waals surface area contributed by atoms with Crippen LogP contribution in [-0.4, -0.2) is 18.6 Å². The minimum Gasteiger partial charge on any atom is -0.481 e. The molecule has 15 heavy (non-hydrogen) atoms. The topological polar surface area (TPSA) is 60.2 Å². The molecule has 1 aromatic rings. The van der Waals surface area contributed by atoms with E-state index in [2.05, 4.69) is 10.3 Å². The molecule has 0 radical (unpaired) electrons. The minimum absolute atomic E-state index is 0.609. The van der Waals surface area contributed by atoms with E-state index in [0.717, 1.165) is 23.4 Å². The second kappa shape index (κ2) is 4.04. The van der Waals surface area contributed by atoms with Crippen LogP contribution in [-0.2, 0) is 0 Å². The molecular formula is C11H13N3O. The molecule has 1 aliphatic rings. The predicted molar refractivity (Wildman–Crippen MR) is 59.0 cm³/mol. The fourth-order valence-corrected chi connectivity index (χ4v) is 1.46. The highest BCUT2D eigenvalue weighted by atomic mass is 16.5. The third kappa shape index (κ3) is 1.93. The van der Waals surface area contributed by atoms with Gasteiger partial charge in [-0.05, 0) is 18.3 Å². The Balaban J connectivity index is 2.33. The summed E-state index contributed by atoms with van der Waals surface area (Å²) in [5.41, 5.74) is 8.74. The molecule has 0 saturated carbocycles. The van der Waals surface area contributed by atoms with E-state index in [1.807, 2.05) is 24.4 Å². The van der Waals surface area contributed by atoms with Crippen LogP contribution in [0.3, 0.4) is 0 Å². The van der Waals surface area contributed by atoms with Crippen molar-refractivity contribution in [1.29, 1.82) is 0 Å². The molecule has 0 unspecified atom stereocenters. The van der Waals surface area contributed by atoms with Crippen molar-refractivity contribution in [2.24, 2.45) is 5.73 Å². The number of ether oxygens (including phenoxy) is 1. The Morgan fingerprint density at radius 3 is 2.93 bits per heavy atom. The number of nitrogens with zero attached hydrogens (tertiary/aromatic N) is 1. The van der Waals surface area contributed by atoms with Crippen molar-refractivity contribution < 1.29 is 4.74 Å². The molecule has 78 valence electrons. The van der Waals surface area contributed by atoms with Crippen molar-refractivity contribution >= 4 is 5.57 Å². The van der Waals surface area contributed by atoms with Crippen LogP contribution >= 0.6 is 0 Å². The molecule has 3 N–H and O–H groups in total. The lowest BCUT2D eigenvalue weighted by atomic mass is 10.0. The maximum atomic E-state index is 5.88. The highest BCUT2D eigenvalue weighted by Crippen LogP contribution is 2.19. The lowest BCUT2D eigenvalue weighted by molar-refractivity contribution is 0.398. The van der Waals surface area contributed by atoms with Crippen molar-refractivity contribution in [2.45, 2.75) is 0 Å². The zero-order valence-electron chi connectivity index (χ0n) is 8.53. The summed E-state index contributed by atoms with van der Waals surface area (Å²) in [6.07, 6.45) is 5.46. The average molecular weight is 203 g/mol. The molecule has 2 rings (SSSR count). The van der Waals surface area contributed by atoms with Gasteiger partial charge in [-0.15, -0.1) is 0 Å². The molecule has 0 aromatic carbocycles. The van der Waals surface area contributed by atoms with Crippen molar-refractivity contribution in [3.63, 3.8) is 0 Å². The summed E-state index contributed by atoms with van der Waals surface area (Å²) in [5, 5.41) is 3.11. The highest BCUT2D eigenvalue weighted by molar-refractivity contribution is 5.72. The monoisotopic (exact) mass is 203 g/mol. The number of nitrogens with two attached hydrogens (primary N) is 1. The molecule has 0 aliphatic carbocycles. The smallest absolute Gasteiger partial charge is 0.212 e. The van der Waals surface area contributed by atoms with Gasteiger partial charge >= 0.3 is 0 Å². The van der Waals surface area contributed by atoms with Crippen LogP contribution in [0.5, 0.6) is 5.88 Å². The van der Waals surface area contributed by atoms with Crippen LogP contribution < -0.4 is 15.8 Å². The number of aromatic nitrogens is 1. The van der Waals surface area contributed by atoms with Crippen LogP contribution in [0.25, 0.3) is 5.57 Å². The number of pyridine rings is 1. The normalized spacial score (nSPS) is 15.0. The first-order chi connectivity index (χ1) is 7.31. The second-order valence-corrected chi connectivity index (χ2v) is 3.24. The second-order valence-electron chi connectivity index (χ2n) is 3.24. The van der Waals surface area contributed by atoms with E-state index in [4.69, 9.17) is 10.5 Å². The van der Waals surface area contributed by atoms with Gasteiger partial charge in [0.15, 0.2) is 0 Å². The van der Waals surface area contributed by atoms with Crippen molar-refractivity contribution in [3.05, 3.63) is 41.9 Å². The van der Waals surface area contributed by atoms with Crippen LogP contribution in [0, 0.1) is 0 Å². The maximum Gasteiger partial charge on any atom is 0.212 e. The van der Waals surface area contributed by atoms with Crippen LogP contribution in [0.2, 0.25) is 0 Å². The Bertz CT molecular complexity index is 406. The summed E-state index contributed by atoms with van der Waals surface area (Å²) in [6, 6.07) is 3.78. The van der Waals surface area contributed by atoms with Gasteiger partial charge in [-0.1, -0.05) is 0 Å². The van der Waals surface area contributed by atoms with Crippen molar-refractivity contribution in [1.82, 2.24) is 10.3 Å². The molecule has 0 amide bonds. The molecule has 1 aromatic heterocycles. The number of dihydropyridines is 1. The fraction of sp³-hybridized carbons (Fsp3) is 0.182. The summed E-state index contributed by atoms with van der Waals surface area (Å²) in [7, 11) is 1.60. The van der Waals surface area contributed by atoms with Gasteiger partial charge in [0.25, 0.3) is 0 Å². The summed E-state index contributed by atoms with van der Waals surface area (Å²) < 4.78 is 5.00. The van der Waals surface area contributed by atoms with Crippen molar-refractivity contribution in [3.8, 4) is 5.88 Å². The molecular weight excluding hydrogens is 190 g/mol. The average Bonchev–Trinajstić information content (AvgIpc) is 2.30. The predicted octanol–water partition coefficient (Wildman–Crippen LogP) is 0.877. The molecule has 2 heterocycles. The van der Waals surface area contributed by atoms with Crippen LogP contribution in [0.15, 0.2) is 36.3 Å². The summed E-state index contributed by atoms with van der Waals surface area (Å²) >= 11 is 0. The Kier molecular flexibility index (Phi) is 2.58. The SMILES string of the molecule is COc1ccc(C2=C(N)C=CNC2)cn1. The quantitative estimate of drug-likeness (QED) is 0.749. The number of hydrogen-bond acceptors (Lipinski definition) is 4. The van der Waals surface area contributed by atoms with E-state index in [-0.39, 0.29) is 0 Å². The van der Waals surface area contributed by atoms with Crippen molar-refractivity contribution in [2.75, 3.05) is 13.7 Å². The Hall–Kier alpha value is -1.97. The molecule has 0 spiro atoms. The third-order valence-electron chi connectivity index (χ3n) is 2.30. The molecule has 0 bridgehead atoms.